The Balaban J connectivity index is 1.84. The van der Waals surface area contributed by atoms with E-state index in [4.69, 9.17) is 16.3 Å². The summed E-state index contributed by atoms with van der Waals surface area (Å²) in [4.78, 5) is 16.1. The highest BCUT2D eigenvalue weighted by Gasteiger charge is 2.16. The van der Waals surface area contributed by atoms with Crippen molar-refractivity contribution in [2.75, 3.05) is 0 Å². The van der Waals surface area contributed by atoms with Gasteiger partial charge in [-0.2, -0.15) is 0 Å². The maximum absolute atomic E-state index is 11.3. The Hall–Kier alpha value is -2.37. The van der Waals surface area contributed by atoms with Gasteiger partial charge in [-0.3, -0.25) is 0 Å². The lowest BCUT2D eigenvalue weighted by atomic mass is 10.1. The van der Waals surface area contributed by atoms with Crippen LogP contribution in [0.25, 0.3) is 10.6 Å². The highest BCUT2D eigenvalue weighted by atomic mass is 35.5. The van der Waals surface area contributed by atoms with Crippen molar-refractivity contribution in [2.24, 2.45) is 0 Å². The molecule has 4 nitrogen and oxygen atoms in total. The number of hydrogen-bond acceptors (Lipinski definition) is 4. The number of hydrogen-bond donors (Lipinski definition) is 1. The maximum atomic E-state index is 11.3. The molecule has 0 saturated carbocycles. The summed E-state index contributed by atoms with van der Waals surface area (Å²) in [6, 6.07) is 11.3. The number of halogens is 1. The number of nitrogens with zero attached hydrogens (tertiary/aromatic N) is 1. The van der Waals surface area contributed by atoms with Crippen LogP contribution in [-0.4, -0.2) is 16.1 Å². The Labute approximate surface area is 161 Å². The third-order valence-electron chi connectivity index (χ3n) is 3.97. The van der Waals surface area contributed by atoms with Gasteiger partial charge in [0, 0.05) is 10.6 Å². The number of carbonyl (C=O) groups is 1. The topological polar surface area (TPSA) is 59.4 Å². The Morgan fingerprint density at radius 1 is 1.15 bits per heavy atom. The van der Waals surface area contributed by atoms with Gasteiger partial charge in [0.25, 0.3) is 0 Å². The van der Waals surface area contributed by atoms with Gasteiger partial charge in [0.1, 0.15) is 21.4 Å². The molecule has 6 heteroatoms. The number of aryl methyl sites for hydroxylation is 3. The molecule has 1 aromatic heterocycles. The van der Waals surface area contributed by atoms with Gasteiger partial charge >= 0.3 is 5.97 Å². The zero-order chi connectivity index (χ0) is 18.8. The van der Waals surface area contributed by atoms with Crippen molar-refractivity contribution >= 4 is 28.9 Å². The van der Waals surface area contributed by atoms with E-state index in [0.717, 1.165) is 27.5 Å². The summed E-state index contributed by atoms with van der Waals surface area (Å²) in [6.07, 6.45) is 0.592. The molecule has 1 heterocycles. The Morgan fingerprint density at radius 2 is 1.77 bits per heavy atom. The number of rotatable bonds is 5. The minimum absolute atomic E-state index is 0.301. The van der Waals surface area contributed by atoms with E-state index in [9.17, 15) is 9.90 Å². The van der Waals surface area contributed by atoms with Crippen molar-refractivity contribution in [3.8, 4) is 22.1 Å². The van der Waals surface area contributed by atoms with Gasteiger partial charge < -0.3 is 9.84 Å². The quantitative estimate of drug-likeness (QED) is 0.571. The zero-order valence-corrected chi connectivity index (χ0v) is 16.2. The molecule has 0 saturated heterocycles. The average Bonchev–Trinajstić information content (AvgIpc) is 3.05. The van der Waals surface area contributed by atoms with Gasteiger partial charge in [-0.15, -0.1) is 11.3 Å². The fourth-order valence-electron chi connectivity index (χ4n) is 2.65. The van der Waals surface area contributed by atoms with Crippen LogP contribution >= 0.6 is 22.9 Å². The summed E-state index contributed by atoms with van der Waals surface area (Å²) < 4.78 is 5.90. The van der Waals surface area contributed by atoms with Crippen molar-refractivity contribution in [1.82, 2.24) is 4.98 Å². The van der Waals surface area contributed by atoms with Gasteiger partial charge in [-0.1, -0.05) is 18.5 Å². The molecule has 0 fully saturated rings. The van der Waals surface area contributed by atoms with Gasteiger partial charge in [0.15, 0.2) is 0 Å². The van der Waals surface area contributed by atoms with E-state index < -0.39 is 5.97 Å². The van der Waals surface area contributed by atoms with E-state index in [2.05, 4.69) is 4.98 Å². The van der Waals surface area contributed by atoms with Crippen LogP contribution < -0.4 is 4.74 Å². The number of carboxylic acid groups (broad SMARTS) is 1. The summed E-state index contributed by atoms with van der Waals surface area (Å²) >= 11 is 7.38. The van der Waals surface area contributed by atoms with Crippen LogP contribution in [0.5, 0.6) is 11.5 Å². The minimum atomic E-state index is -0.931. The predicted octanol–water partition coefficient (Wildman–Crippen LogP) is 6.13. The number of benzene rings is 2. The molecule has 0 aliphatic heterocycles. The van der Waals surface area contributed by atoms with Crippen LogP contribution in [0.1, 0.15) is 33.4 Å². The van der Waals surface area contributed by atoms with Crippen LogP contribution in [0.2, 0.25) is 5.02 Å². The Bertz CT molecular complexity index is 941. The highest BCUT2D eigenvalue weighted by Crippen LogP contribution is 2.32. The van der Waals surface area contributed by atoms with Crippen LogP contribution in [0, 0.1) is 13.8 Å². The first-order chi connectivity index (χ1) is 12.4. The summed E-state index contributed by atoms with van der Waals surface area (Å²) in [5.41, 5.74) is 3.42. The fraction of sp³-hybridized carbons (Fsp3) is 0.200. The lowest BCUT2D eigenvalue weighted by Gasteiger charge is -2.10. The van der Waals surface area contributed by atoms with Gasteiger partial charge in [0.05, 0.1) is 5.69 Å². The van der Waals surface area contributed by atoms with E-state index in [1.165, 1.54) is 11.3 Å². The fourth-order valence-corrected chi connectivity index (χ4v) is 3.76. The third-order valence-corrected chi connectivity index (χ3v) is 5.70. The molecule has 0 amide bonds. The minimum Gasteiger partial charge on any atom is -0.477 e. The molecule has 0 aliphatic carbocycles. The maximum Gasteiger partial charge on any atom is 0.347 e. The monoisotopic (exact) mass is 387 g/mol. The van der Waals surface area contributed by atoms with Crippen LogP contribution in [0.15, 0.2) is 36.4 Å². The molecular weight excluding hydrogens is 370 g/mol. The number of carboxylic acids is 1. The SMILES string of the molecule is CCc1nc(-c2ccc(Oc3cc(C)c(Cl)c(C)c3)cc2)sc1C(=O)O. The first-order valence-electron chi connectivity index (χ1n) is 8.17. The molecule has 0 aliphatic rings. The number of ether oxygens (including phenoxy) is 1. The summed E-state index contributed by atoms with van der Waals surface area (Å²) in [5, 5.41) is 10.7. The molecule has 1 N–H and O–H groups in total. The largest absolute Gasteiger partial charge is 0.477 e. The molecule has 0 radical (unpaired) electrons. The lowest BCUT2D eigenvalue weighted by molar-refractivity contribution is 0.0701. The van der Waals surface area contributed by atoms with Gasteiger partial charge in [0.2, 0.25) is 0 Å². The van der Waals surface area contributed by atoms with E-state index in [-0.39, 0.29) is 0 Å². The smallest absolute Gasteiger partial charge is 0.347 e. The molecule has 3 rings (SSSR count). The lowest BCUT2D eigenvalue weighted by Crippen LogP contribution is -1.97. The third kappa shape index (κ3) is 3.74. The van der Waals surface area contributed by atoms with E-state index in [1.807, 2.05) is 57.2 Å². The molecule has 0 unspecified atom stereocenters. The summed E-state index contributed by atoms with van der Waals surface area (Å²) in [7, 11) is 0. The van der Waals surface area contributed by atoms with Crippen molar-refractivity contribution in [2.45, 2.75) is 27.2 Å². The van der Waals surface area contributed by atoms with Crippen molar-refractivity contribution in [3.63, 3.8) is 0 Å². The summed E-state index contributed by atoms with van der Waals surface area (Å²) in [5.74, 6) is 0.493. The van der Waals surface area contributed by atoms with Crippen molar-refractivity contribution in [3.05, 3.63) is 63.1 Å². The second kappa shape index (κ2) is 7.48. The zero-order valence-electron chi connectivity index (χ0n) is 14.7. The molecule has 26 heavy (non-hydrogen) atoms. The second-order valence-corrected chi connectivity index (χ2v) is 7.33. The van der Waals surface area contributed by atoms with E-state index >= 15 is 0 Å². The van der Waals surface area contributed by atoms with E-state index in [1.54, 1.807) is 0 Å². The molecule has 2 aromatic carbocycles. The molecule has 0 spiro atoms. The highest BCUT2D eigenvalue weighted by molar-refractivity contribution is 7.17. The number of thiazole rings is 1. The van der Waals surface area contributed by atoms with Gasteiger partial charge in [-0.25, -0.2) is 9.78 Å². The van der Waals surface area contributed by atoms with Crippen LogP contribution in [0.3, 0.4) is 0 Å². The van der Waals surface area contributed by atoms with Gasteiger partial charge in [-0.05, 0) is 67.8 Å². The summed E-state index contributed by atoms with van der Waals surface area (Å²) in [6.45, 7) is 5.79. The average molecular weight is 388 g/mol. The molecule has 0 bridgehead atoms. The number of aromatic carboxylic acids is 1. The molecule has 3 aromatic rings. The second-order valence-electron chi connectivity index (χ2n) is 5.95. The van der Waals surface area contributed by atoms with Crippen molar-refractivity contribution < 1.29 is 14.6 Å². The molecular formula is C20H18ClNO3S. The first-order valence-corrected chi connectivity index (χ1v) is 9.36. The van der Waals surface area contributed by atoms with Crippen molar-refractivity contribution in [1.29, 1.82) is 0 Å². The first kappa shape index (κ1) is 18.4. The van der Waals surface area contributed by atoms with E-state index in [0.29, 0.717) is 27.7 Å². The number of aromatic nitrogens is 1. The molecule has 0 atom stereocenters. The predicted molar refractivity (Wildman–Crippen MR) is 105 cm³/mol. The molecule has 134 valence electrons. The standard InChI is InChI=1S/C20H18ClNO3S/c1-4-16-18(20(23)24)26-19(22-16)13-5-7-14(8-6-13)25-15-9-11(2)17(21)12(3)10-15/h5-10H,4H2,1-3H3,(H,23,24). The van der Waals surface area contributed by atoms with Crippen LogP contribution in [0.4, 0.5) is 0 Å². The Kier molecular flexibility index (Phi) is 5.30. The Morgan fingerprint density at radius 3 is 2.27 bits per heavy atom. The normalized spacial score (nSPS) is 10.8. The van der Waals surface area contributed by atoms with Crippen LogP contribution in [-0.2, 0) is 6.42 Å².